The van der Waals surface area contributed by atoms with E-state index in [2.05, 4.69) is 39.8 Å². The predicted molar refractivity (Wildman–Crippen MR) is 106 cm³/mol. The molecule has 27 heavy (non-hydrogen) atoms. The van der Waals surface area contributed by atoms with E-state index in [1.54, 1.807) is 13.3 Å². The summed E-state index contributed by atoms with van der Waals surface area (Å²) in [6.07, 6.45) is 7.51. The Kier molecular flexibility index (Phi) is 4.70. The number of likely N-dealkylation sites (tertiary alicyclic amines) is 1. The fraction of sp³-hybridized carbons (Fsp3) is 0.476. The number of imidazole rings is 1. The number of hydrogen-bond donors (Lipinski definition) is 1. The molecule has 0 radical (unpaired) electrons. The van der Waals surface area contributed by atoms with Crippen LogP contribution in [0.3, 0.4) is 0 Å². The molecule has 1 fully saturated rings. The Bertz CT molecular complexity index is 935. The minimum Gasteiger partial charge on any atom is -0.497 e. The van der Waals surface area contributed by atoms with E-state index in [9.17, 15) is 5.11 Å². The van der Waals surface area contributed by atoms with E-state index >= 15 is 0 Å². The van der Waals surface area contributed by atoms with Gasteiger partial charge < -0.3 is 19.0 Å². The van der Waals surface area contributed by atoms with Crippen LogP contribution in [0.1, 0.15) is 24.2 Å². The van der Waals surface area contributed by atoms with Crippen molar-refractivity contribution in [3.05, 3.63) is 48.2 Å². The molecule has 2 aromatic heterocycles. The summed E-state index contributed by atoms with van der Waals surface area (Å²) in [5.74, 6) is 1.84. The molecule has 3 heterocycles. The quantitative estimate of drug-likeness (QED) is 0.752. The highest BCUT2D eigenvalue weighted by Gasteiger charge is 2.33. The van der Waals surface area contributed by atoms with E-state index in [1.165, 1.54) is 16.5 Å². The van der Waals surface area contributed by atoms with Crippen LogP contribution in [0.2, 0.25) is 0 Å². The van der Waals surface area contributed by atoms with Gasteiger partial charge >= 0.3 is 0 Å². The van der Waals surface area contributed by atoms with Crippen LogP contribution in [-0.2, 0) is 20.1 Å². The zero-order chi connectivity index (χ0) is 19.0. The van der Waals surface area contributed by atoms with Crippen molar-refractivity contribution in [2.75, 3.05) is 20.2 Å². The minimum atomic E-state index is -0.645. The first-order chi connectivity index (χ1) is 13.0. The molecule has 1 N–H and O–H groups in total. The third kappa shape index (κ3) is 3.59. The van der Waals surface area contributed by atoms with Crippen molar-refractivity contribution in [3.8, 4) is 5.75 Å². The molecule has 6 nitrogen and oxygen atoms in total. The lowest BCUT2D eigenvalue weighted by atomic mass is 9.91. The topological polar surface area (TPSA) is 55.5 Å². The van der Waals surface area contributed by atoms with Crippen molar-refractivity contribution in [2.45, 2.75) is 38.5 Å². The first-order valence-electron chi connectivity index (χ1n) is 9.52. The second-order valence-electron chi connectivity index (χ2n) is 7.75. The molecule has 4 rings (SSSR count). The molecular weight excluding hydrogens is 340 g/mol. The Morgan fingerprint density at radius 1 is 1.26 bits per heavy atom. The van der Waals surface area contributed by atoms with E-state index in [1.807, 2.05) is 23.8 Å². The van der Waals surface area contributed by atoms with Crippen molar-refractivity contribution in [2.24, 2.45) is 7.05 Å². The summed E-state index contributed by atoms with van der Waals surface area (Å²) in [6, 6.07) is 6.25. The minimum absolute atomic E-state index is 0.626. The monoisotopic (exact) mass is 368 g/mol. The van der Waals surface area contributed by atoms with Crippen LogP contribution in [0.5, 0.6) is 5.75 Å². The smallest absolute Gasteiger partial charge is 0.120 e. The summed E-state index contributed by atoms with van der Waals surface area (Å²) >= 11 is 0. The highest BCUT2D eigenvalue weighted by Crippen LogP contribution is 2.29. The van der Waals surface area contributed by atoms with Gasteiger partial charge in [0.2, 0.25) is 0 Å². The van der Waals surface area contributed by atoms with E-state index in [4.69, 9.17) is 4.74 Å². The first kappa shape index (κ1) is 18.1. The maximum Gasteiger partial charge on any atom is 0.120 e. The van der Waals surface area contributed by atoms with Gasteiger partial charge in [-0.15, -0.1) is 0 Å². The van der Waals surface area contributed by atoms with E-state index in [0.29, 0.717) is 6.54 Å². The third-order valence-electron chi connectivity index (χ3n) is 5.85. The number of benzene rings is 1. The maximum atomic E-state index is 11.0. The van der Waals surface area contributed by atoms with Gasteiger partial charge in [0, 0.05) is 56.7 Å². The number of rotatable bonds is 5. The van der Waals surface area contributed by atoms with Gasteiger partial charge in [0.1, 0.15) is 11.6 Å². The molecule has 1 saturated heterocycles. The molecule has 1 aromatic carbocycles. The summed E-state index contributed by atoms with van der Waals surface area (Å²) in [6.45, 7) is 5.31. The highest BCUT2D eigenvalue weighted by molar-refractivity contribution is 5.85. The van der Waals surface area contributed by atoms with Crippen molar-refractivity contribution >= 4 is 10.9 Å². The molecule has 0 saturated carbocycles. The van der Waals surface area contributed by atoms with Crippen LogP contribution >= 0.6 is 0 Å². The molecule has 144 valence electrons. The Labute approximate surface area is 160 Å². The fourth-order valence-electron chi connectivity index (χ4n) is 4.11. The molecule has 0 atom stereocenters. The molecule has 6 heteroatoms. The third-order valence-corrected chi connectivity index (χ3v) is 5.85. The van der Waals surface area contributed by atoms with Crippen LogP contribution in [-0.4, -0.2) is 49.9 Å². The Hall–Kier alpha value is -2.31. The van der Waals surface area contributed by atoms with Gasteiger partial charge in [-0.2, -0.15) is 0 Å². The summed E-state index contributed by atoms with van der Waals surface area (Å²) in [5, 5.41) is 12.3. The number of fused-ring (bicyclic) bond motifs is 1. The molecule has 1 aliphatic rings. The molecule has 0 amide bonds. The predicted octanol–water partition coefficient (Wildman–Crippen LogP) is 2.72. The summed E-state index contributed by atoms with van der Waals surface area (Å²) in [5.41, 5.74) is 1.87. The number of aryl methyl sites for hydroxylation is 2. The molecule has 0 spiro atoms. The number of aromatic nitrogens is 3. The molecule has 1 aliphatic heterocycles. The standard InChI is InChI=1S/C21H28N4O2/c1-16-22-8-11-25(16)15-21(26)6-9-24(10-7-21)14-17-13-23(2)20-12-18(27-3)4-5-19(17)20/h4-5,8,11-13,26H,6-7,9-10,14-15H2,1-3H3. The van der Waals surface area contributed by atoms with Crippen molar-refractivity contribution in [3.63, 3.8) is 0 Å². The second-order valence-corrected chi connectivity index (χ2v) is 7.75. The van der Waals surface area contributed by atoms with Gasteiger partial charge in [0.15, 0.2) is 0 Å². The normalized spacial score (nSPS) is 17.5. The highest BCUT2D eigenvalue weighted by atomic mass is 16.5. The van der Waals surface area contributed by atoms with E-state index in [0.717, 1.165) is 44.0 Å². The average molecular weight is 368 g/mol. The Morgan fingerprint density at radius 3 is 2.70 bits per heavy atom. The van der Waals surface area contributed by atoms with Gasteiger partial charge in [-0.1, -0.05) is 0 Å². The summed E-state index contributed by atoms with van der Waals surface area (Å²) in [4.78, 5) is 6.70. The van der Waals surface area contributed by atoms with Crippen molar-refractivity contribution in [1.29, 1.82) is 0 Å². The van der Waals surface area contributed by atoms with Gasteiger partial charge in [-0.05, 0) is 37.5 Å². The van der Waals surface area contributed by atoms with Crippen LogP contribution < -0.4 is 4.74 Å². The Balaban J connectivity index is 1.43. The van der Waals surface area contributed by atoms with Gasteiger partial charge in [-0.25, -0.2) is 4.98 Å². The molecule has 0 bridgehead atoms. The lowest BCUT2D eigenvalue weighted by Gasteiger charge is -2.38. The maximum absolute atomic E-state index is 11.0. The molecule has 0 aliphatic carbocycles. The van der Waals surface area contributed by atoms with Crippen LogP contribution in [0, 0.1) is 6.92 Å². The number of hydrogen-bond acceptors (Lipinski definition) is 4. The number of methoxy groups -OCH3 is 1. The molecule has 3 aromatic rings. The van der Waals surface area contributed by atoms with Gasteiger partial charge in [0.05, 0.1) is 24.8 Å². The lowest BCUT2D eigenvalue weighted by molar-refractivity contribution is -0.0360. The summed E-state index contributed by atoms with van der Waals surface area (Å²) in [7, 11) is 3.78. The SMILES string of the molecule is COc1ccc2c(CN3CCC(O)(Cn4ccnc4C)CC3)cn(C)c2c1. The van der Waals surface area contributed by atoms with Crippen LogP contribution in [0.15, 0.2) is 36.8 Å². The van der Waals surface area contributed by atoms with Crippen LogP contribution in [0.4, 0.5) is 0 Å². The Morgan fingerprint density at radius 2 is 2.04 bits per heavy atom. The lowest BCUT2D eigenvalue weighted by Crippen LogP contribution is -2.46. The van der Waals surface area contributed by atoms with E-state index < -0.39 is 5.60 Å². The van der Waals surface area contributed by atoms with Crippen molar-refractivity contribution in [1.82, 2.24) is 19.0 Å². The number of nitrogens with zero attached hydrogens (tertiary/aromatic N) is 4. The average Bonchev–Trinajstić information content (AvgIpc) is 3.20. The number of aliphatic hydroxyl groups is 1. The molecular formula is C21H28N4O2. The first-order valence-corrected chi connectivity index (χ1v) is 9.52. The fourth-order valence-corrected chi connectivity index (χ4v) is 4.11. The van der Waals surface area contributed by atoms with Gasteiger partial charge in [0.25, 0.3) is 0 Å². The second kappa shape index (κ2) is 7.02. The molecule has 0 unspecified atom stereocenters. The van der Waals surface area contributed by atoms with Crippen LogP contribution in [0.25, 0.3) is 10.9 Å². The zero-order valence-corrected chi connectivity index (χ0v) is 16.4. The summed E-state index contributed by atoms with van der Waals surface area (Å²) < 4.78 is 9.56. The largest absolute Gasteiger partial charge is 0.497 e. The number of piperidine rings is 1. The zero-order valence-electron chi connectivity index (χ0n) is 16.4. The van der Waals surface area contributed by atoms with Gasteiger partial charge in [-0.3, -0.25) is 4.90 Å². The van der Waals surface area contributed by atoms with E-state index in [-0.39, 0.29) is 0 Å². The number of ether oxygens (including phenoxy) is 1. The van der Waals surface area contributed by atoms with Crippen molar-refractivity contribution < 1.29 is 9.84 Å².